The van der Waals surface area contributed by atoms with E-state index >= 15 is 0 Å². The molecule has 0 saturated carbocycles. The van der Waals surface area contributed by atoms with Crippen molar-refractivity contribution in [3.8, 4) is 11.5 Å². The second-order valence-electron chi connectivity index (χ2n) is 6.22. The number of fused-ring (bicyclic) bond motifs is 1. The Balaban J connectivity index is 1.61. The molecule has 1 amide bonds. The summed E-state index contributed by atoms with van der Waals surface area (Å²) in [5, 5.41) is 9.32. The van der Waals surface area contributed by atoms with Crippen LogP contribution in [0, 0.1) is 6.92 Å². The number of hydrogen-bond donors (Lipinski definition) is 1. The van der Waals surface area contributed by atoms with Crippen molar-refractivity contribution >= 4 is 5.91 Å². The molecule has 7 nitrogen and oxygen atoms in total. The zero-order valence-electron chi connectivity index (χ0n) is 13.6. The highest BCUT2D eigenvalue weighted by Gasteiger charge is 2.33. The highest BCUT2D eigenvalue weighted by Crippen LogP contribution is 2.35. The van der Waals surface area contributed by atoms with Crippen LogP contribution in [0.5, 0.6) is 11.5 Å². The molecule has 1 saturated heterocycles. The number of carbonyl (C=O) groups is 1. The van der Waals surface area contributed by atoms with E-state index in [0.29, 0.717) is 22.8 Å². The van der Waals surface area contributed by atoms with Crippen molar-refractivity contribution in [1.82, 2.24) is 4.90 Å². The van der Waals surface area contributed by atoms with Crippen LogP contribution in [0.4, 0.5) is 0 Å². The van der Waals surface area contributed by atoms with Crippen LogP contribution >= 0.6 is 0 Å². The number of hydrogen-bond acceptors (Lipinski definition) is 6. The summed E-state index contributed by atoms with van der Waals surface area (Å²) in [6.07, 6.45) is -1.08. The standard InChI is InChI=1S/C18H17NO6/c1-10-6-14(15-9-23-12-4-2-3-5-13(12)24-15)25-18(22)16(10)17(21)19-7-11(20)8-19/h2-6,11,15,20H,7-9H2,1H3. The fraction of sp³-hybridized carbons (Fsp3) is 0.333. The Morgan fingerprint density at radius 1 is 1.24 bits per heavy atom. The van der Waals surface area contributed by atoms with E-state index in [1.165, 1.54) is 4.90 Å². The van der Waals surface area contributed by atoms with Crippen molar-refractivity contribution in [3.05, 3.63) is 57.6 Å². The Kier molecular flexibility index (Phi) is 3.73. The van der Waals surface area contributed by atoms with Crippen LogP contribution in [0.15, 0.2) is 39.5 Å². The monoisotopic (exact) mass is 343 g/mol. The van der Waals surface area contributed by atoms with Crippen molar-refractivity contribution in [2.45, 2.75) is 19.1 Å². The molecule has 1 fully saturated rings. The minimum Gasteiger partial charge on any atom is -0.485 e. The molecule has 1 aromatic heterocycles. The molecule has 2 aliphatic rings. The third-order valence-electron chi connectivity index (χ3n) is 4.36. The molecule has 0 radical (unpaired) electrons. The number of rotatable bonds is 2. The average Bonchev–Trinajstić information content (AvgIpc) is 2.57. The normalized spacial score (nSPS) is 19.4. The lowest BCUT2D eigenvalue weighted by Gasteiger charge is -2.35. The molecule has 2 aromatic rings. The molecule has 25 heavy (non-hydrogen) atoms. The number of nitrogens with zero attached hydrogens (tertiary/aromatic N) is 1. The Hall–Kier alpha value is -2.80. The van der Waals surface area contributed by atoms with Crippen LogP contribution < -0.4 is 15.1 Å². The molecule has 7 heteroatoms. The summed E-state index contributed by atoms with van der Waals surface area (Å²) in [4.78, 5) is 26.1. The smallest absolute Gasteiger partial charge is 0.349 e. The number of ether oxygens (including phenoxy) is 2. The minimum absolute atomic E-state index is 0.00669. The van der Waals surface area contributed by atoms with Crippen molar-refractivity contribution in [2.24, 2.45) is 0 Å². The third-order valence-corrected chi connectivity index (χ3v) is 4.36. The van der Waals surface area contributed by atoms with E-state index in [4.69, 9.17) is 13.9 Å². The van der Waals surface area contributed by atoms with Crippen molar-refractivity contribution in [3.63, 3.8) is 0 Å². The first-order valence-electron chi connectivity index (χ1n) is 8.03. The van der Waals surface area contributed by atoms with E-state index in [0.717, 1.165) is 0 Å². The Labute approximate surface area is 143 Å². The number of aliphatic hydroxyl groups is 1. The molecule has 1 aromatic carbocycles. The second kappa shape index (κ2) is 5.93. The molecule has 130 valence electrons. The first-order valence-corrected chi connectivity index (χ1v) is 8.03. The van der Waals surface area contributed by atoms with Gasteiger partial charge in [-0.1, -0.05) is 12.1 Å². The fourth-order valence-corrected chi connectivity index (χ4v) is 2.99. The summed E-state index contributed by atoms with van der Waals surface area (Å²) in [7, 11) is 0. The van der Waals surface area contributed by atoms with Crippen molar-refractivity contribution in [1.29, 1.82) is 0 Å². The zero-order valence-corrected chi connectivity index (χ0v) is 13.6. The maximum Gasteiger partial charge on any atom is 0.349 e. The molecule has 0 bridgehead atoms. The molecule has 1 N–H and O–H groups in total. The van der Waals surface area contributed by atoms with Gasteiger partial charge in [0.2, 0.25) is 0 Å². The molecular weight excluding hydrogens is 326 g/mol. The van der Waals surface area contributed by atoms with Gasteiger partial charge in [0.15, 0.2) is 23.4 Å². The lowest BCUT2D eigenvalue weighted by atomic mass is 10.1. The summed E-state index contributed by atoms with van der Waals surface area (Å²) in [6, 6.07) is 8.89. The molecule has 2 aliphatic heterocycles. The SMILES string of the molecule is Cc1cc(C2COc3ccccc3O2)oc(=O)c1C(=O)N1CC(O)C1. The highest BCUT2D eigenvalue weighted by atomic mass is 16.6. The van der Waals surface area contributed by atoms with Crippen LogP contribution in [-0.2, 0) is 0 Å². The largest absolute Gasteiger partial charge is 0.485 e. The van der Waals surface area contributed by atoms with Gasteiger partial charge in [-0.05, 0) is 30.7 Å². The maximum absolute atomic E-state index is 12.4. The van der Waals surface area contributed by atoms with Crippen LogP contribution in [-0.4, -0.2) is 41.7 Å². The second-order valence-corrected chi connectivity index (χ2v) is 6.22. The van der Waals surface area contributed by atoms with Gasteiger partial charge in [0, 0.05) is 13.1 Å². The number of aliphatic hydroxyl groups excluding tert-OH is 1. The summed E-state index contributed by atoms with van der Waals surface area (Å²) >= 11 is 0. The molecule has 1 unspecified atom stereocenters. The van der Waals surface area contributed by atoms with Crippen LogP contribution in [0.3, 0.4) is 0 Å². The summed E-state index contributed by atoms with van der Waals surface area (Å²) < 4.78 is 16.8. The number of carbonyl (C=O) groups excluding carboxylic acids is 1. The minimum atomic E-state index is -0.705. The van der Waals surface area contributed by atoms with Crippen LogP contribution in [0.2, 0.25) is 0 Å². The molecule has 3 heterocycles. The van der Waals surface area contributed by atoms with E-state index in [1.807, 2.05) is 12.1 Å². The Bertz CT molecular complexity index is 883. The molecular formula is C18H17NO6. The van der Waals surface area contributed by atoms with E-state index in [-0.39, 0.29) is 25.3 Å². The van der Waals surface area contributed by atoms with E-state index in [2.05, 4.69) is 0 Å². The van der Waals surface area contributed by atoms with Gasteiger partial charge >= 0.3 is 5.63 Å². The van der Waals surface area contributed by atoms with E-state index in [9.17, 15) is 14.7 Å². The van der Waals surface area contributed by atoms with E-state index in [1.54, 1.807) is 25.1 Å². The quantitative estimate of drug-likeness (QED) is 0.883. The van der Waals surface area contributed by atoms with Gasteiger partial charge in [0.25, 0.3) is 5.91 Å². The van der Waals surface area contributed by atoms with Gasteiger partial charge in [-0.3, -0.25) is 4.79 Å². The zero-order chi connectivity index (χ0) is 17.6. The molecule has 0 spiro atoms. The number of benzene rings is 1. The Morgan fingerprint density at radius 3 is 2.64 bits per heavy atom. The maximum atomic E-state index is 12.4. The first-order chi connectivity index (χ1) is 12.0. The molecule has 4 rings (SSSR count). The number of aryl methyl sites for hydroxylation is 1. The number of amides is 1. The molecule has 0 aliphatic carbocycles. The van der Waals surface area contributed by atoms with Crippen molar-refractivity contribution < 1.29 is 23.8 Å². The first kappa shape index (κ1) is 15.7. The number of likely N-dealkylation sites (tertiary alicyclic amines) is 1. The predicted molar refractivity (Wildman–Crippen MR) is 86.9 cm³/mol. The Morgan fingerprint density at radius 2 is 1.96 bits per heavy atom. The average molecular weight is 343 g/mol. The summed E-state index contributed by atoms with van der Waals surface area (Å²) in [6.45, 7) is 2.36. The fourth-order valence-electron chi connectivity index (χ4n) is 2.99. The summed E-state index contributed by atoms with van der Waals surface area (Å²) in [5.41, 5.74) is -0.197. The van der Waals surface area contributed by atoms with Gasteiger partial charge in [-0.2, -0.15) is 0 Å². The number of β-amino-alcohol motifs (C(OH)–C–C–N with tert-alkyl or cyclic N) is 1. The predicted octanol–water partition coefficient (Wildman–Crippen LogP) is 1.28. The van der Waals surface area contributed by atoms with Gasteiger partial charge < -0.3 is 23.9 Å². The highest BCUT2D eigenvalue weighted by molar-refractivity contribution is 5.95. The van der Waals surface area contributed by atoms with Crippen LogP contribution in [0.1, 0.15) is 27.8 Å². The topological polar surface area (TPSA) is 89.2 Å². The lowest BCUT2D eigenvalue weighted by Crippen LogP contribution is -2.54. The number of para-hydroxylation sites is 2. The van der Waals surface area contributed by atoms with Gasteiger partial charge in [0.05, 0.1) is 6.10 Å². The van der Waals surface area contributed by atoms with E-state index < -0.39 is 23.7 Å². The van der Waals surface area contributed by atoms with Gasteiger partial charge in [-0.15, -0.1) is 0 Å². The third kappa shape index (κ3) is 2.76. The molecule has 1 atom stereocenters. The lowest BCUT2D eigenvalue weighted by molar-refractivity contribution is 0.00542. The van der Waals surface area contributed by atoms with Gasteiger partial charge in [-0.25, -0.2) is 4.79 Å². The van der Waals surface area contributed by atoms with Crippen LogP contribution in [0.25, 0.3) is 0 Å². The van der Waals surface area contributed by atoms with Gasteiger partial charge in [0.1, 0.15) is 12.2 Å². The summed E-state index contributed by atoms with van der Waals surface area (Å²) in [5.74, 6) is 1.11. The van der Waals surface area contributed by atoms with Crippen molar-refractivity contribution in [2.75, 3.05) is 19.7 Å².